The van der Waals surface area contributed by atoms with Crippen molar-refractivity contribution in [3.05, 3.63) is 49.4 Å². The fraction of sp³-hybridized carbons (Fsp3) is 0.0769. The van der Waals surface area contributed by atoms with Crippen LogP contribution < -0.4 is 4.74 Å². The van der Waals surface area contributed by atoms with Crippen molar-refractivity contribution in [2.45, 2.75) is 0 Å². The number of halogens is 5. The van der Waals surface area contributed by atoms with Crippen LogP contribution in [-0.2, 0) is 0 Å². The lowest BCUT2D eigenvalue weighted by atomic mass is 10.0. The predicted octanol–water partition coefficient (Wildman–Crippen LogP) is 6.63. The summed E-state index contributed by atoms with van der Waals surface area (Å²) in [5.41, 5.74) is 1.16. The van der Waals surface area contributed by atoms with Gasteiger partial charge in [-0.15, -0.1) is 0 Å². The van der Waals surface area contributed by atoms with Gasteiger partial charge in [-0.3, -0.25) is 0 Å². The lowest BCUT2D eigenvalue weighted by molar-refractivity contribution is 0.415. The third-order valence-electron chi connectivity index (χ3n) is 2.53. The summed E-state index contributed by atoms with van der Waals surface area (Å²) >= 11 is 30.6. The van der Waals surface area contributed by atoms with Crippen molar-refractivity contribution in [2.24, 2.45) is 0 Å². The maximum atomic E-state index is 6.28. The molecule has 0 N–H and O–H groups in total. The largest absolute Gasteiger partial charge is 0.494 e. The van der Waals surface area contributed by atoms with Crippen molar-refractivity contribution in [1.29, 1.82) is 0 Å². The summed E-state index contributed by atoms with van der Waals surface area (Å²) in [6, 6.07) is 6.60. The predicted molar refractivity (Wildman–Crippen MR) is 83.5 cm³/mol. The lowest BCUT2D eigenvalue weighted by Crippen LogP contribution is -1.91. The number of rotatable bonds is 2. The number of hydrogen-bond donors (Lipinski definition) is 0. The van der Waals surface area contributed by atoms with Crippen LogP contribution in [0.1, 0.15) is 0 Å². The van der Waals surface area contributed by atoms with Gasteiger partial charge in [0, 0.05) is 21.2 Å². The monoisotopic (exact) mass is 354 g/mol. The van der Waals surface area contributed by atoms with E-state index in [2.05, 4.69) is 0 Å². The van der Waals surface area contributed by atoms with Crippen LogP contribution >= 0.6 is 58.0 Å². The second-order valence-electron chi connectivity index (χ2n) is 3.69. The molecule has 0 saturated heterocycles. The SMILES string of the molecule is COc1c(Cl)cc(Cl)c(-c2cc(Cl)ccc2Cl)c1Cl. The Kier molecular flexibility index (Phi) is 4.75. The summed E-state index contributed by atoms with van der Waals surface area (Å²) < 4.78 is 5.16. The Morgan fingerprint density at radius 2 is 1.53 bits per heavy atom. The van der Waals surface area contributed by atoms with Gasteiger partial charge in [-0.1, -0.05) is 58.0 Å². The van der Waals surface area contributed by atoms with Gasteiger partial charge < -0.3 is 4.74 Å². The summed E-state index contributed by atoms with van der Waals surface area (Å²) in [6.07, 6.45) is 0. The second kappa shape index (κ2) is 5.99. The molecule has 6 heteroatoms. The van der Waals surface area contributed by atoms with E-state index in [0.29, 0.717) is 42.0 Å². The van der Waals surface area contributed by atoms with E-state index in [1.165, 1.54) is 7.11 Å². The summed E-state index contributed by atoms with van der Waals surface area (Å²) in [6.45, 7) is 0. The molecule has 0 heterocycles. The molecule has 0 aliphatic heterocycles. The zero-order valence-electron chi connectivity index (χ0n) is 9.61. The molecule has 1 nitrogen and oxygen atoms in total. The molecular formula is C13H7Cl5O. The Labute approximate surface area is 135 Å². The fourth-order valence-corrected chi connectivity index (χ4v) is 3.20. The Hall–Kier alpha value is -0.310. The molecule has 0 amide bonds. The van der Waals surface area contributed by atoms with Crippen LogP contribution in [0, 0.1) is 0 Å². The van der Waals surface area contributed by atoms with E-state index in [4.69, 9.17) is 62.7 Å². The van der Waals surface area contributed by atoms with E-state index < -0.39 is 0 Å². The average Bonchev–Trinajstić information content (AvgIpc) is 2.33. The molecule has 100 valence electrons. The van der Waals surface area contributed by atoms with Crippen LogP contribution in [0.25, 0.3) is 11.1 Å². The van der Waals surface area contributed by atoms with Crippen molar-refractivity contribution in [2.75, 3.05) is 7.11 Å². The maximum Gasteiger partial charge on any atom is 0.156 e. The molecule has 2 aromatic carbocycles. The number of benzene rings is 2. The third-order valence-corrected chi connectivity index (χ3v) is 4.03. The highest BCUT2D eigenvalue weighted by Gasteiger charge is 2.19. The van der Waals surface area contributed by atoms with Gasteiger partial charge in [0.05, 0.1) is 22.2 Å². The zero-order valence-corrected chi connectivity index (χ0v) is 13.4. The first kappa shape index (κ1) is 15.1. The highest BCUT2D eigenvalue weighted by atomic mass is 35.5. The fourth-order valence-electron chi connectivity index (χ4n) is 1.70. The first-order valence-corrected chi connectivity index (χ1v) is 7.01. The molecule has 0 unspecified atom stereocenters. The molecule has 19 heavy (non-hydrogen) atoms. The van der Waals surface area contributed by atoms with E-state index in [9.17, 15) is 0 Å². The van der Waals surface area contributed by atoms with E-state index in [1.54, 1.807) is 24.3 Å². The Bertz CT molecular complexity index is 639. The topological polar surface area (TPSA) is 9.23 Å². The molecule has 0 aliphatic carbocycles. The highest BCUT2D eigenvalue weighted by Crippen LogP contribution is 2.46. The quantitative estimate of drug-likeness (QED) is 0.587. The summed E-state index contributed by atoms with van der Waals surface area (Å²) in [4.78, 5) is 0. The Morgan fingerprint density at radius 3 is 2.16 bits per heavy atom. The van der Waals surface area contributed by atoms with Crippen LogP contribution in [0.2, 0.25) is 25.1 Å². The molecule has 0 atom stereocenters. The average molecular weight is 356 g/mol. The molecule has 0 aliphatic rings. The van der Waals surface area contributed by atoms with Gasteiger partial charge in [-0.25, -0.2) is 0 Å². The van der Waals surface area contributed by atoms with E-state index >= 15 is 0 Å². The van der Waals surface area contributed by atoms with Crippen molar-refractivity contribution in [3.8, 4) is 16.9 Å². The molecule has 2 aromatic rings. The second-order valence-corrected chi connectivity index (χ2v) is 5.72. The van der Waals surface area contributed by atoms with Gasteiger partial charge >= 0.3 is 0 Å². The van der Waals surface area contributed by atoms with Gasteiger partial charge in [0.15, 0.2) is 5.75 Å². The number of hydrogen-bond acceptors (Lipinski definition) is 1. The molecule has 0 saturated carbocycles. The van der Waals surface area contributed by atoms with Gasteiger partial charge in [-0.2, -0.15) is 0 Å². The number of methoxy groups -OCH3 is 1. The van der Waals surface area contributed by atoms with Crippen LogP contribution in [0.4, 0.5) is 0 Å². The minimum atomic E-state index is 0.296. The molecule has 0 bridgehead atoms. The van der Waals surface area contributed by atoms with Crippen LogP contribution in [0.3, 0.4) is 0 Å². The van der Waals surface area contributed by atoms with Crippen LogP contribution in [0.5, 0.6) is 5.75 Å². The molecule has 0 aromatic heterocycles. The van der Waals surface area contributed by atoms with E-state index in [0.717, 1.165) is 0 Å². The van der Waals surface area contributed by atoms with Crippen molar-refractivity contribution in [3.63, 3.8) is 0 Å². The molecule has 0 radical (unpaired) electrons. The zero-order chi connectivity index (χ0) is 14.2. The van der Waals surface area contributed by atoms with E-state index in [-0.39, 0.29) is 0 Å². The van der Waals surface area contributed by atoms with Crippen molar-refractivity contribution in [1.82, 2.24) is 0 Å². The Balaban J connectivity index is 2.78. The lowest BCUT2D eigenvalue weighted by Gasteiger charge is -2.14. The Morgan fingerprint density at radius 1 is 0.842 bits per heavy atom. The minimum absolute atomic E-state index is 0.296. The van der Waals surface area contributed by atoms with Gasteiger partial charge in [-0.05, 0) is 24.3 Å². The summed E-state index contributed by atoms with van der Waals surface area (Å²) in [5.74, 6) is 0.346. The first-order chi connectivity index (χ1) is 8.95. The van der Waals surface area contributed by atoms with Crippen LogP contribution in [-0.4, -0.2) is 7.11 Å². The maximum absolute atomic E-state index is 6.28. The summed E-state index contributed by atoms with van der Waals surface area (Å²) in [7, 11) is 1.48. The first-order valence-electron chi connectivity index (χ1n) is 5.12. The molecule has 2 rings (SSSR count). The highest BCUT2D eigenvalue weighted by molar-refractivity contribution is 6.45. The molecule has 0 spiro atoms. The number of ether oxygens (including phenoxy) is 1. The van der Waals surface area contributed by atoms with E-state index in [1.807, 2.05) is 0 Å². The van der Waals surface area contributed by atoms with Gasteiger partial charge in [0.1, 0.15) is 0 Å². The van der Waals surface area contributed by atoms with Gasteiger partial charge in [0.25, 0.3) is 0 Å². The smallest absolute Gasteiger partial charge is 0.156 e. The van der Waals surface area contributed by atoms with Crippen LogP contribution in [0.15, 0.2) is 24.3 Å². The standard InChI is InChI=1S/C13H7Cl5O/c1-19-13-10(17)5-9(16)11(12(13)18)7-4-6(14)2-3-8(7)15/h2-5H,1H3. The summed E-state index contributed by atoms with van der Waals surface area (Å²) in [5, 5.41) is 2.02. The van der Waals surface area contributed by atoms with Crippen molar-refractivity contribution >= 4 is 58.0 Å². The minimum Gasteiger partial charge on any atom is -0.494 e. The molecule has 0 fully saturated rings. The van der Waals surface area contributed by atoms with Gasteiger partial charge in [0.2, 0.25) is 0 Å². The normalized spacial score (nSPS) is 10.6. The third kappa shape index (κ3) is 2.91. The van der Waals surface area contributed by atoms with Crippen molar-refractivity contribution < 1.29 is 4.74 Å². The molecular weight excluding hydrogens is 349 g/mol.